The number of aromatic nitrogens is 1. The van der Waals surface area contributed by atoms with E-state index in [4.69, 9.17) is 14.2 Å². The van der Waals surface area contributed by atoms with Crippen molar-refractivity contribution in [1.29, 1.82) is 0 Å². The van der Waals surface area contributed by atoms with Crippen LogP contribution in [0.3, 0.4) is 0 Å². The Morgan fingerprint density at radius 3 is 2.65 bits per heavy atom. The largest absolute Gasteiger partial charge is 0.493 e. The van der Waals surface area contributed by atoms with Gasteiger partial charge in [0.05, 0.1) is 25.4 Å². The molecule has 2 saturated heterocycles. The summed E-state index contributed by atoms with van der Waals surface area (Å²) in [5.74, 6) is 0.508. The number of hydrogen-bond donors (Lipinski definition) is 1. The number of rotatable bonds is 9. The second-order valence-corrected chi connectivity index (χ2v) is 10.4. The van der Waals surface area contributed by atoms with E-state index < -0.39 is 5.60 Å². The molecule has 5 rings (SSSR count). The lowest BCUT2D eigenvalue weighted by Gasteiger charge is -2.37. The van der Waals surface area contributed by atoms with E-state index in [1.54, 1.807) is 17.2 Å². The first-order valence-corrected chi connectivity index (χ1v) is 13.9. The fourth-order valence-corrected chi connectivity index (χ4v) is 5.60. The first kappa shape index (κ1) is 27.9. The number of allylic oxidation sites excluding steroid dienone is 6. The number of ether oxygens (including phenoxy) is 3. The van der Waals surface area contributed by atoms with Gasteiger partial charge < -0.3 is 19.2 Å². The molecular weight excluding hydrogens is 513 g/mol. The third-order valence-corrected chi connectivity index (χ3v) is 7.61. The second kappa shape index (κ2) is 12.2. The van der Waals surface area contributed by atoms with E-state index in [-0.39, 0.29) is 17.5 Å². The van der Waals surface area contributed by atoms with Gasteiger partial charge in [-0.1, -0.05) is 18.2 Å². The van der Waals surface area contributed by atoms with Gasteiger partial charge in [-0.2, -0.15) is 0 Å². The SMILES string of the molecule is CCOCc1cc(CN2CCC3(CC2)CN(c2ccc(=O)[nH]c2)C(=O)O3)cc(OCC)c1C1=CC=C(F)C=CC1. The molecule has 1 amide bonds. The van der Waals surface area contributed by atoms with Gasteiger partial charge in [-0.05, 0) is 61.3 Å². The van der Waals surface area contributed by atoms with Crippen LogP contribution in [-0.2, 0) is 22.6 Å². The van der Waals surface area contributed by atoms with E-state index in [0.29, 0.717) is 38.5 Å². The fraction of sp³-hybridized carbons (Fsp3) is 0.419. The number of H-pyrrole nitrogens is 1. The highest BCUT2D eigenvalue weighted by Gasteiger charge is 2.47. The zero-order valence-corrected chi connectivity index (χ0v) is 23.1. The standard InChI is InChI=1S/C31H36FN3O5/c1-3-38-20-24-16-22(17-27(39-4-2)29(24)23-6-5-7-25(32)9-8-23)19-34-14-12-31(13-15-34)21-35(30(37)40-31)26-10-11-28(36)33-18-26/h5,7-11,16-18H,3-4,6,12-15,19-21H2,1-2H3,(H,33,36). The normalized spacial score (nSPS) is 18.9. The van der Waals surface area contributed by atoms with Crippen LogP contribution in [-0.4, -0.2) is 54.4 Å². The molecule has 8 nitrogen and oxygen atoms in total. The molecule has 1 aromatic carbocycles. The molecular formula is C31H36FN3O5. The molecule has 212 valence electrons. The average Bonchev–Trinajstić information content (AvgIpc) is 3.11. The van der Waals surface area contributed by atoms with Crippen LogP contribution in [0.1, 0.15) is 49.8 Å². The lowest BCUT2D eigenvalue weighted by molar-refractivity contribution is -0.00100. The van der Waals surface area contributed by atoms with Crippen molar-refractivity contribution in [3.63, 3.8) is 0 Å². The highest BCUT2D eigenvalue weighted by Crippen LogP contribution is 2.38. The molecule has 3 aliphatic rings. The summed E-state index contributed by atoms with van der Waals surface area (Å²) in [5, 5.41) is 0. The van der Waals surface area contributed by atoms with Gasteiger partial charge in [-0.3, -0.25) is 14.6 Å². The van der Waals surface area contributed by atoms with Crippen molar-refractivity contribution in [2.45, 2.75) is 51.9 Å². The Kier molecular flexibility index (Phi) is 8.52. The Balaban J connectivity index is 1.32. The van der Waals surface area contributed by atoms with Crippen LogP contribution in [0, 0.1) is 0 Å². The van der Waals surface area contributed by atoms with Crippen molar-refractivity contribution in [3.8, 4) is 5.75 Å². The number of anilines is 1. The predicted molar refractivity (Wildman–Crippen MR) is 152 cm³/mol. The number of pyridine rings is 1. The highest BCUT2D eigenvalue weighted by atomic mass is 19.1. The molecule has 9 heteroatoms. The second-order valence-electron chi connectivity index (χ2n) is 10.4. The molecule has 2 aliphatic heterocycles. The minimum atomic E-state index is -0.535. The smallest absolute Gasteiger partial charge is 0.415 e. The number of benzene rings is 1. The number of piperidine rings is 1. The van der Waals surface area contributed by atoms with E-state index in [0.717, 1.165) is 60.5 Å². The van der Waals surface area contributed by atoms with E-state index in [1.165, 1.54) is 18.2 Å². The van der Waals surface area contributed by atoms with Gasteiger partial charge in [0.15, 0.2) is 0 Å². The molecule has 40 heavy (non-hydrogen) atoms. The molecule has 1 spiro atoms. The van der Waals surface area contributed by atoms with Gasteiger partial charge in [0, 0.05) is 56.9 Å². The van der Waals surface area contributed by atoms with Crippen LogP contribution >= 0.6 is 0 Å². The van der Waals surface area contributed by atoms with Crippen LogP contribution in [0.5, 0.6) is 5.75 Å². The fourth-order valence-electron chi connectivity index (χ4n) is 5.60. The molecule has 0 radical (unpaired) electrons. The van der Waals surface area contributed by atoms with Crippen molar-refractivity contribution in [3.05, 3.63) is 87.6 Å². The van der Waals surface area contributed by atoms with Gasteiger partial charge in [-0.15, -0.1) is 0 Å². The number of hydrogen-bond acceptors (Lipinski definition) is 6. The summed E-state index contributed by atoms with van der Waals surface area (Å²) >= 11 is 0. The van der Waals surface area contributed by atoms with Crippen molar-refractivity contribution in [2.24, 2.45) is 0 Å². The predicted octanol–water partition coefficient (Wildman–Crippen LogP) is 5.50. The third-order valence-electron chi connectivity index (χ3n) is 7.61. The van der Waals surface area contributed by atoms with Crippen LogP contribution < -0.4 is 15.2 Å². The summed E-state index contributed by atoms with van der Waals surface area (Å²) < 4.78 is 31.7. The number of likely N-dealkylation sites (tertiary alicyclic amines) is 1. The third kappa shape index (κ3) is 6.21. The maximum Gasteiger partial charge on any atom is 0.415 e. The van der Waals surface area contributed by atoms with Gasteiger partial charge in [0.25, 0.3) is 0 Å². The molecule has 3 heterocycles. The minimum absolute atomic E-state index is 0.210. The monoisotopic (exact) mass is 549 g/mol. The van der Waals surface area contributed by atoms with Crippen LogP contribution in [0.2, 0.25) is 0 Å². The van der Waals surface area contributed by atoms with E-state index in [2.05, 4.69) is 22.0 Å². The van der Waals surface area contributed by atoms with Gasteiger partial charge in [0.2, 0.25) is 5.56 Å². The lowest BCUT2D eigenvalue weighted by Crippen LogP contribution is -2.46. The number of nitrogens with one attached hydrogen (secondary N) is 1. The van der Waals surface area contributed by atoms with E-state index in [1.807, 2.05) is 26.0 Å². The molecule has 0 bridgehead atoms. The van der Waals surface area contributed by atoms with Gasteiger partial charge >= 0.3 is 6.09 Å². The Hall–Kier alpha value is -3.69. The first-order chi connectivity index (χ1) is 19.4. The number of carbonyl (C=O) groups excluding carboxylic acids is 1. The molecule has 2 aromatic rings. The van der Waals surface area contributed by atoms with Crippen LogP contribution in [0.15, 0.2) is 65.4 Å². The molecule has 2 fully saturated rings. The summed E-state index contributed by atoms with van der Waals surface area (Å²) in [4.78, 5) is 30.7. The van der Waals surface area contributed by atoms with E-state index >= 15 is 0 Å². The van der Waals surface area contributed by atoms with Crippen LogP contribution in [0.4, 0.5) is 14.9 Å². The quantitative estimate of drug-likeness (QED) is 0.445. The summed E-state index contributed by atoms with van der Waals surface area (Å²) in [5.41, 5.74) is 3.98. The Bertz CT molecular complexity index is 1370. The topological polar surface area (TPSA) is 84.1 Å². The lowest BCUT2D eigenvalue weighted by atomic mass is 9.90. The molecule has 1 N–H and O–H groups in total. The van der Waals surface area contributed by atoms with Crippen molar-refractivity contribution in [1.82, 2.24) is 9.88 Å². The van der Waals surface area contributed by atoms with Crippen molar-refractivity contribution < 1.29 is 23.4 Å². The molecule has 0 atom stereocenters. The summed E-state index contributed by atoms with van der Waals surface area (Å²) in [6.07, 6.45) is 9.85. The molecule has 1 aromatic heterocycles. The van der Waals surface area contributed by atoms with Crippen LogP contribution in [0.25, 0.3) is 5.57 Å². The molecule has 1 aliphatic carbocycles. The number of amides is 1. The number of nitrogens with zero attached hydrogens (tertiary/aromatic N) is 2. The summed E-state index contributed by atoms with van der Waals surface area (Å²) in [7, 11) is 0. The maximum absolute atomic E-state index is 13.9. The number of halogens is 1. The number of aromatic amines is 1. The molecule has 0 unspecified atom stereocenters. The Morgan fingerprint density at radius 2 is 1.93 bits per heavy atom. The minimum Gasteiger partial charge on any atom is -0.493 e. The van der Waals surface area contributed by atoms with E-state index in [9.17, 15) is 14.0 Å². The Labute approximate surface area is 233 Å². The summed E-state index contributed by atoms with van der Waals surface area (Å²) in [6.45, 7) is 8.21. The van der Waals surface area contributed by atoms with Gasteiger partial charge in [-0.25, -0.2) is 9.18 Å². The maximum atomic E-state index is 13.9. The number of carbonyl (C=O) groups is 1. The summed E-state index contributed by atoms with van der Waals surface area (Å²) in [6, 6.07) is 7.31. The Morgan fingerprint density at radius 1 is 1.10 bits per heavy atom. The van der Waals surface area contributed by atoms with Gasteiger partial charge in [0.1, 0.15) is 17.2 Å². The first-order valence-electron chi connectivity index (χ1n) is 13.9. The average molecular weight is 550 g/mol. The highest BCUT2D eigenvalue weighted by molar-refractivity contribution is 5.90. The zero-order valence-electron chi connectivity index (χ0n) is 23.1. The molecule has 0 saturated carbocycles. The van der Waals surface area contributed by atoms with Crippen molar-refractivity contribution in [2.75, 3.05) is 37.7 Å². The van der Waals surface area contributed by atoms with Crippen molar-refractivity contribution >= 4 is 17.4 Å². The zero-order chi connectivity index (χ0) is 28.1.